The fraction of sp³-hybridized carbons (Fsp3) is 0.409. The Kier molecular flexibility index (Phi) is 5.74. The van der Waals surface area contributed by atoms with Gasteiger partial charge in [0.05, 0.1) is 12.0 Å². The molecule has 0 spiro atoms. The van der Waals surface area contributed by atoms with Crippen molar-refractivity contribution >= 4 is 23.4 Å². The zero-order valence-electron chi connectivity index (χ0n) is 16.9. The number of nitrogens with zero attached hydrogens (tertiary/aromatic N) is 2. The SMILES string of the molecule is C[C@H]1Oc2ccccc2N(CCC(=O)NC2CCN(C(=O)c3ccco3)CC2)C1=O. The van der Waals surface area contributed by atoms with Gasteiger partial charge in [0.2, 0.25) is 5.91 Å². The van der Waals surface area contributed by atoms with Gasteiger partial charge < -0.3 is 24.3 Å². The van der Waals surface area contributed by atoms with Gasteiger partial charge >= 0.3 is 0 Å². The molecule has 158 valence electrons. The Bertz CT molecular complexity index is 919. The van der Waals surface area contributed by atoms with Crippen LogP contribution in [0.1, 0.15) is 36.7 Å². The van der Waals surface area contributed by atoms with Crippen LogP contribution in [0.4, 0.5) is 5.69 Å². The van der Waals surface area contributed by atoms with E-state index < -0.39 is 6.10 Å². The van der Waals surface area contributed by atoms with Crippen molar-refractivity contribution in [2.24, 2.45) is 0 Å². The van der Waals surface area contributed by atoms with E-state index in [2.05, 4.69) is 5.32 Å². The number of rotatable bonds is 5. The van der Waals surface area contributed by atoms with Crippen molar-refractivity contribution in [3.63, 3.8) is 0 Å². The average molecular weight is 411 g/mol. The fourth-order valence-corrected chi connectivity index (χ4v) is 3.89. The predicted octanol–water partition coefficient (Wildman–Crippen LogP) is 2.20. The number of hydrogen-bond donors (Lipinski definition) is 1. The summed E-state index contributed by atoms with van der Waals surface area (Å²) in [7, 11) is 0. The number of piperidine rings is 1. The van der Waals surface area contributed by atoms with Crippen molar-refractivity contribution in [3.8, 4) is 5.75 Å². The van der Waals surface area contributed by atoms with Crippen LogP contribution in [-0.2, 0) is 9.59 Å². The summed E-state index contributed by atoms with van der Waals surface area (Å²) in [5.74, 6) is 0.616. The number of carbonyl (C=O) groups excluding carboxylic acids is 3. The standard InChI is InChI=1S/C22H25N3O5/c1-15-21(27)25(17-5-2-3-6-18(17)30-15)13-10-20(26)23-16-8-11-24(12-9-16)22(28)19-7-4-14-29-19/h2-7,14-16H,8-13H2,1H3,(H,23,26)/t15-/m1/s1. The lowest BCUT2D eigenvalue weighted by atomic mass is 10.0. The lowest BCUT2D eigenvalue weighted by Crippen LogP contribution is -2.48. The molecule has 1 aromatic heterocycles. The van der Waals surface area contributed by atoms with Crippen molar-refractivity contribution in [1.82, 2.24) is 10.2 Å². The predicted molar refractivity (Wildman–Crippen MR) is 109 cm³/mol. The molecule has 0 aliphatic carbocycles. The van der Waals surface area contributed by atoms with E-state index in [0.29, 0.717) is 49.7 Å². The first kappa shape index (κ1) is 20.0. The average Bonchev–Trinajstić information content (AvgIpc) is 3.29. The summed E-state index contributed by atoms with van der Waals surface area (Å²) in [6.45, 7) is 3.14. The molecule has 3 heterocycles. The number of likely N-dealkylation sites (tertiary alicyclic amines) is 1. The maximum Gasteiger partial charge on any atom is 0.289 e. The van der Waals surface area contributed by atoms with Gasteiger partial charge in [-0.25, -0.2) is 0 Å². The van der Waals surface area contributed by atoms with Gasteiger partial charge in [-0.05, 0) is 44.0 Å². The molecule has 0 saturated carbocycles. The molecule has 1 N–H and O–H groups in total. The Balaban J connectivity index is 1.27. The number of anilines is 1. The first-order valence-corrected chi connectivity index (χ1v) is 10.2. The quantitative estimate of drug-likeness (QED) is 0.814. The molecule has 2 aliphatic rings. The van der Waals surface area contributed by atoms with E-state index in [9.17, 15) is 14.4 Å². The van der Waals surface area contributed by atoms with Gasteiger partial charge in [0, 0.05) is 32.1 Å². The lowest BCUT2D eigenvalue weighted by molar-refractivity contribution is -0.125. The molecule has 0 unspecified atom stereocenters. The monoisotopic (exact) mass is 411 g/mol. The van der Waals surface area contributed by atoms with Gasteiger partial charge in [-0.3, -0.25) is 14.4 Å². The van der Waals surface area contributed by atoms with Crippen LogP contribution in [0.15, 0.2) is 47.1 Å². The number of amides is 3. The van der Waals surface area contributed by atoms with Crippen molar-refractivity contribution in [2.45, 2.75) is 38.3 Å². The summed E-state index contributed by atoms with van der Waals surface area (Å²) in [6, 6.07) is 10.7. The maximum absolute atomic E-state index is 12.5. The molecule has 2 aromatic rings. The van der Waals surface area contributed by atoms with Crippen LogP contribution in [0.3, 0.4) is 0 Å². The largest absolute Gasteiger partial charge is 0.479 e. The molecule has 0 bridgehead atoms. The van der Waals surface area contributed by atoms with Crippen LogP contribution in [0.5, 0.6) is 5.75 Å². The number of hydrogen-bond acceptors (Lipinski definition) is 5. The minimum atomic E-state index is -0.570. The molecule has 2 aliphatic heterocycles. The zero-order valence-corrected chi connectivity index (χ0v) is 16.9. The molecular formula is C22H25N3O5. The molecule has 8 heteroatoms. The number of benzene rings is 1. The molecular weight excluding hydrogens is 386 g/mol. The van der Waals surface area contributed by atoms with Crippen LogP contribution in [0, 0.1) is 0 Å². The van der Waals surface area contributed by atoms with E-state index in [0.717, 1.165) is 0 Å². The first-order chi connectivity index (χ1) is 14.5. The highest BCUT2D eigenvalue weighted by atomic mass is 16.5. The minimum absolute atomic E-state index is 0.0183. The normalized spacial score (nSPS) is 19.2. The second-order valence-electron chi connectivity index (χ2n) is 7.58. The molecule has 8 nitrogen and oxygen atoms in total. The summed E-state index contributed by atoms with van der Waals surface area (Å²) in [5.41, 5.74) is 0.693. The van der Waals surface area contributed by atoms with Crippen LogP contribution in [0.2, 0.25) is 0 Å². The van der Waals surface area contributed by atoms with Gasteiger partial charge in [0.25, 0.3) is 11.8 Å². The zero-order chi connectivity index (χ0) is 21.1. The summed E-state index contributed by atoms with van der Waals surface area (Å²) in [6.07, 6.45) is 2.50. The molecule has 4 rings (SSSR count). The summed E-state index contributed by atoms with van der Waals surface area (Å²) >= 11 is 0. The summed E-state index contributed by atoms with van der Waals surface area (Å²) in [4.78, 5) is 40.7. The third-order valence-corrected chi connectivity index (χ3v) is 5.52. The highest BCUT2D eigenvalue weighted by Crippen LogP contribution is 2.33. The Morgan fingerprint density at radius 3 is 2.63 bits per heavy atom. The van der Waals surface area contributed by atoms with E-state index in [1.54, 1.807) is 28.9 Å². The van der Waals surface area contributed by atoms with E-state index >= 15 is 0 Å². The van der Waals surface area contributed by atoms with E-state index in [-0.39, 0.29) is 30.2 Å². The lowest BCUT2D eigenvalue weighted by Gasteiger charge is -2.33. The topological polar surface area (TPSA) is 92.1 Å². The highest BCUT2D eigenvalue weighted by molar-refractivity contribution is 6.00. The first-order valence-electron chi connectivity index (χ1n) is 10.2. The van der Waals surface area contributed by atoms with Crippen LogP contribution in [0.25, 0.3) is 0 Å². The Labute approximate surface area is 174 Å². The third-order valence-electron chi connectivity index (χ3n) is 5.52. The van der Waals surface area contributed by atoms with Gasteiger partial charge in [-0.15, -0.1) is 0 Å². The second-order valence-corrected chi connectivity index (χ2v) is 7.58. The number of para-hydroxylation sites is 2. The van der Waals surface area contributed by atoms with Gasteiger partial charge in [0.1, 0.15) is 5.75 Å². The molecule has 1 aromatic carbocycles. The third kappa shape index (κ3) is 4.17. The van der Waals surface area contributed by atoms with Crippen molar-refractivity contribution in [2.75, 3.05) is 24.5 Å². The highest BCUT2D eigenvalue weighted by Gasteiger charge is 2.31. The molecule has 0 radical (unpaired) electrons. The van der Waals surface area contributed by atoms with E-state index in [4.69, 9.17) is 9.15 Å². The smallest absolute Gasteiger partial charge is 0.289 e. The molecule has 3 amide bonds. The van der Waals surface area contributed by atoms with Crippen LogP contribution in [-0.4, -0.2) is 54.4 Å². The number of ether oxygens (including phenoxy) is 1. The minimum Gasteiger partial charge on any atom is -0.479 e. The number of fused-ring (bicyclic) bond motifs is 1. The Morgan fingerprint density at radius 2 is 1.90 bits per heavy atom. The van der Waals surface area contributed by atoms with Crippen LogP contribution < -0.4 is 15.0 Å². The van der Waals surface area contributed by atoms with E-state index in [1.165, 1.54) is 6.26 Å². The van der Waals surface area contributed by atoms with Gasteiger partial charge in [0.15, 0.2) is 11.9 Å². The van der Waals surface area contributed by atoms with E-state index in [1.807, 2.05) is 24.3 Å². The van der Waals surface area contributed by atoms with Crippen molar-refractivity contribution in [3.05, 3.63) is 48.4 Å². The number of carbonyl (C=O) groups is 3. The Morgan fingerprint density at radius 1 is 1.13 bits per heavy atom. The molecule has 1 saturated heterocycles. The maximum atomic E-state index is 12.5. The number of furan rings is 1. The van der Waals surface area contributed by atoms with Gasteiger partial charge in [-0.2, -0.15) is 0 Å². The van der Waals surface area contributed by atoms with Crippen molar-refractivity contribution in [1.29, 1.82) is 0 Å². The van der Waals surface area contributed by atoms with Gasteiger partial charge in [-0.1, -0.05) is 12.1 Å². The van der Waals surface area contributed by atoms with Crippen LogP contribution >= 0.6 is 0 Å². The number of nitrogens with one attached hydrogen (secondary N) is 1. The summed E-state index contributed by atoms with van der Waals surface area (Å²) in [5, 5.41) is 3.03. The molecule has 1 fully saturated rings. The molecule has 1 atom stereocenters. The van der Waals surface area contributed by atoms with Crippen molar-refractivity contribution < 1.29 is 23.5 Å². The Hall–Kier alpha value is -3.29. The second kappa shape index (κ2) is 8.61. The fourth-order valence-electron chi connectivity index (χ4n) is 3.89. The summed E-state index contributed by atoms with van der Waals surface area (Å²) < 4.78 is 10.8. The molecule has 30 heavy (non-hydrogen) atoms.